The van der Waals surface area contributed by atoms with Crippen LogP contribution >= 0.6 is 11.6 Å². The monoisotopic (exact) mass is 380 g/mol. The van der Waals surface area contributed by atoms with Gasteiger partial charge in [0.05, 0.1) is 6.54 Å². The highest BCUT2D eigenvalue weighted by molar-refractivity contribution is 6.30. The van der Waals surface area contributed by atoms with Gasteiger partial charge in [0, 0.05) is 17.3 Å². The van der Waals surface area contributed by atoms with Crippen molar-refractivity contribution in [2.24, 2.45) is 0 Å². The number of amides is 1. The van der Waals surface area contributed by atoms with Gasteiger partial charge in [0.1, 0.15) is 12.4 Å². The van der Waals surface area contributed by atoms with E-state index < -0.39 is 0 Å². The largest absolute Gasteiger partial charge is 0.489 e. The average Bonchev–Trinajstić information content (AvgIpc) is 2.72. The summed E-state index contributed by atoms with van der Waals surface area (Å²) in [5, 5.41) is 6.70. The molecular weight excluding hydrogens is 360 g/mol. The van der Waals surface area contributed by atoms with Crippen molar-refractivity contribution in [3.63, 3.8) is 0 Å². The minimum absolute atomic E-state index is 0.0538. The van der Waals surface area contributed by atoms with Crippen molar-refractivity contribution >= 4 is 23.2 Å². The van der Waals surface area contributed by atoms with Gasteiger partial charge >= 0.3 is 0 Å². The molecule has 3 rings (SSSR count). The molecule has 0 saturated heterocycles. The lowest BCUT2D eigenvalue weighted by Gasteiger charge is -2.10. The van der Waals surface area contributed by atoms with E-state index in [4.69, 9.17) is 16.3 Å². The highest BCUT2D eigenvalue weighted by Crippen LogP contribution is 2.17. The van der Waals surface area contributed by atoms with Gasteiger partial charge in [-0.15, -0.1) is 0 Å². The van der Waals surface area contributed by atoms with Crippen LogP contribution in [0.4, 0.5) is 5.69 Å². The Hall–Kier alpha value is -2.98. The van der Waals surface area contributed by atoms with Gasteiger partial charge in [0.25, 0.3) is 0 Å². The third-order valence-corrected chi connectivity index (χ3v) is 4.21. The Kier molecular flexibility index (Phi) is 6.72. The van der Waals surface area contributed by atoms with Gasteiger partial charge in [-0.3, -0.25) is 4.79 Å². The SMILES string of the molecule is O=C(CNc1ccc(OCc2ccc(Cl)cc2)cc1)NCc1ccccc1. The molecule has 0 radical (unpaired) electrons. The van der Waals surface area contributed by atoms with Crippen LogP contribution in [-0.2, 0) is 17.9 Å². The van der Waals surface area contributed by atoms with E-state index in [1.807, 2.05) is 78.9 Å². The first-order chi connectivity index (χ1) is 13.2. The molecule has 0 aliphatic rings. The molecule has 5 heteroatoms. The molecule has 27 heavy (non-hydrogen) atoms. The predicted molar refractivity (Wildman–Crippen MR) is 109 cm³/mol. The number of nitrogens with one attached hydrogen (secondary N) is 2. The summed E-state index contributed by atoms with van der Waals surface area (Å²) < 4.78 is 5.75. The van der Waals surface area contributed by atoms with Gasteiger partial charge < -0.3 is 15.4 Å². The Bertz CT molecular complexity index is 850. The van der Waals surface area contributed by atoms with Gasteiger partial charge in [-0.25, -0.2) is 0 Å². The number of anilines is 1. The summed E-state index contributed by atoms with van der Waals surface area (Å²) in [6, 6.07) is 24.9. The van der Waals surface area contributed by atoms with E-state index in [1.165, 1.54) is 0 Å². The summed E-state index contributed by atoms with van der Waals surface area (Å²) in [6.45, 7) is 1.22. The van der Waals surface area contributed by atoms with Crippen molar-refractivity contribution in [2.45, 2.75) is 13.2 Å². The predicted octanol–water partition coefficient (Wildman–Crippen LogP) is 4.65. The lowest BCUT2D eigenvalue weighted by Crippen LogP contribution is -2.29. The Morgan fingerprint density at radius 3 is 2.26 bits per heavy atom. The number of carbonyl (C=O) groups is 1. The fourth-order valence-corrected chi connectivity index (χ4v) is 2.58. The van der Waals surface area contributed by atoms with Crippen LogP contribution in [0.15, 0.2) is 78.9 Å². The highest BCUT2D eigenvalue weighted by Gasteiger charge is 2.02. The summed E-state index contributed by atoms with van der Waals surface area (Å²) >= 11 is 5.87. The molecule has 0 saturated carbocycles. The van der Waals surface area contributed by atoms with E-state index >= 15 is 0 Å². The zero-order valence-corrected chi connectivity index (χ0v) is 15.6. The number of ether oxygens (including phenoxy) is 1. The van der Waals surface area contributed by atoms with Crippen molar-refractivity contribution in [3.05, 3.63) is 95.0 Å². The first-order valence-electron chi connectivity index (χ1n) is 8.71. The van der Waals surface area contributed by atoms with Crippen LogP contribution in [0.5, 0.6) is 5.75 Å². The Balaban J connectivity index is 1.40. The summed E-state index contributed by atoms with van der Waals surface area (Å²) in [4.78, 5) is 11.9. The Morgan fingerprint density at radius 1 is 0.852 bits per heavy atom. The average molecular weight is 381 g/mol. The molecule has 0 fully saturated rings. The summed E-state index contributed by atoms with van der Waals surface area (Å²) in [6.07, 6.45) is 0. The van der Waals surface area contributed by atoms with Crippen molar-refractivity contribution in [3.8, 4) is 5.75 Å². The van der Waals surface area contributed by atoms with E-state index in [0.29, 0.717) is 18.2 Å². The minimum atomic E-state index is -0.0538. The number of carbonyl (C=O) groups excluding carboxylic acids is 1. The molecule has 3 aromatic carbocycles. The van der Waals surface area contributed by atoms with Crippen molar-refractivity contribution in [2.75, 3.05) is 11.9 Å². The summed E-state index contributed by atoms with van der Waals surface area (Å²) in [5.41, 5.74) is 2.99. The van der Waals surface area contributed by atoms with Gasteiger partial charge in [0.2, 0.25) is 5.91 Å². The van der Waals surface area contributed by atoms with E-state index in [1.54, 1.807) is 0 Å². The van der Waals surface area contributed by atoms with Crippen LogP contribution in [0.3, 0.4) is 0 Å². The first-order valence-corrected chi connectivity index (χ1v) is 9.09. The standard InChI is InChI=1S/C22H21ClN2O2/c23-19-8-6-18(7-9-19)16-27-21-12-10-20(11-13-21)24-15-22(26)25-14-17-4-2-1-3-5-17/h1-13,24H,14-16H2,(H,25,26). The number of hydrogen-bond acceptors (Lipinski definition) is 3. The Morgan fingerprint density at radius 2 is 1.56 bits per heavy atom. The molecular formula is C22H21ClN2O2. The molecule has 0 atom stereocenters. The van der Waals surface area contributed by atoms with Gasteiger partial charge in [-0.2, -0.15) is 0 Å². The zero-order chi connectivity index (χ0) is 18.9. The smallest absolute Gasteiger partial charge is 0.239 e. The quantitative estimate of drug-likeness (QED) is 0.598. The van der Waals surface area contributed by atoms with Crippen molar-refractivity contribution < 1.29 is 9.53 Å². The maximum atomic E-state index is 11.9. The topological polar surface area (TPSA) is 50.4 Å². The zero-order valence-electron chi connectivity index (χ0n) is 14.8. The van der Waals surface area contributed by atoms with Crippen LogP contribution in [0, 0.1) is 0 Å². The molecule has 0 unspecified atom stereocenters. The molecule has 0 aliphatic carbocycles. The summed E-state index contributed by atoms with van der Waals surface area (Å²) in [5.74, 6) is 0.714. The molecule has 3 aromatic rings. The normalized spacial score (nSPS) is 10.3. The molecule has 0 heterocycles. The third-order valence-electron chi connectivity index (χ3n) is 3.96. The molecule has 1 amide bonds. The highest BCUT2D eigenvalue weighted by atomic mass is 35.5. The van der Waals surface area contributed by atoms with Crippen molar-refractivity contribution in [1.82, 2.24) is 5.32 Å². The molecule has 4 nitrogen and oxygen atoms in total. The van der Waals surface area contributed by atoms with E-state index in [-0.39, 0.29) is 12.5 Å². The van der Waals surface area contributed by atoms with Crippen LogP contribution in [0.2, 0.25) is 5.02 Å². The molecule has 0 bridgehead atoms. The van der Waals surface area contributed by atoms with Crippen LogP contribution in [-0.4, -0.2) is 12.5 Å². The minimum Gasteiger partial charge on any atom is -0.489 e. The number of rotatable bonds is 8. The van der Waals surface area contributed by atoms with Gasteiger partial charge in [-0.1, -0.05) is 54.1 Å². The fraction of sp³-hybridized carbons (Fsp3) is 0.136. The number of halogens is 1. The molecule has 2 N–H and O–H groups in total. The lowest BCUT2D eigenvalue weighted by atomic mass is 10.2. The number of hydrogen-bond donors (Lipinski definition) is 2. The fourth-order valence-electron chi connectivity index (χ4n) is 2.46. The maximum Gasteiger partial charge on any atom is 0.239 e. The molecule has 0 aromatic heterocycles. The molecule has 138 valence electrons. The second-order valence-corrected chi connectivity index (χ2v) is 6.49. The lowest BCUT2D eigenvalue weighted by molar-refractivity contribution is -0.119. The Labute approximate surface area is 164 Å². The van der Waals surface area contributed by atoms with E-state index in [0.717, 1.165) is 22.6 Å². The van der Waals surface area contributed by atoms with Gasteiger partial charge in [-0.05, 0) is 47.5 Å². The maximum absolute atomic E-state index is 11.9. The van der Waals surface area contributed by atoms with Gasteiger partial charge in [0.15, 0.2) is 0 Å². The second kappa shape index (κ2) is 9.64. The molecule has 0 spiro atoms. The molecule has 0 aliphatic heterocycles. The van der Waals surface area contributed by atoms with Crippen molar-refractivity contribution in [1.29, 1.82) is 0 Å². The number of benzene rings is 3. The van der Waals surface area contributed by atoms with Crippen LogP contribution in [0.1, 0.15) is 11.1 Å². The van der Waals surface area contributed by atoms with Crippen LogP contribution < -0.4 is 15.4 Å². The van der Waals surface area contributed by atoms with E-state index in [2.05, 4.69) is 10.6 Å². The first kappa shape index (κ1) is 18.8. The third kappa shape index (κ3) is 6.35. The second-order valence-electron chi connectivity index (χ2n) is 6.06. The van der Waals surface area contributed by atoms with E-state index in [9.17, 15) is 4.79 Å². The van der Waals surface area contributed by atoms with Crippen LogP contribution in [0.25, 0.3) is 0 Å². The summed E-state index contributed by atoms with van der Waals surface area (Å²) in [7, 11) is 0.